The van der Waals surface area contributed by atoms with Gasteiger partial charge in [-0.2, -0.15) is 0 Å². The van der Waals surface area contributed by atoms with E-state index in [1.54, 1.807) is 0 Å². The predicted octanol–water partition coefficient (Wildman–Crippen LogP) is 1.71. The lowest BCUT2D eigenvalue weighted by atomic mass is 10.1. The van der Waals surface area contributed by atoms with Crippen molar-refractivity contribution < 1.29 is 9.84 Å². The van der Waals surface area contributed by atoms with Gasteiger partial charge in [0.15, 0.2) is 0 Å². The number of hydrogen-bond donors (Lipinski definition) is 1. The fourth-order valence-corrected chi connectivity index (χ4v) is 2.13. The van der Waals surface area contributed by atoms with Gasteiger partial charge in [0.05, 0.1) is 25.9 Å². The highest BCUT2D eigenvalue weighted by atomic mass is 35.5. The number of benzene rings is 1. The molecule has 1 saturated heterocycles. The molecule has 1 aromatic carbocycles. The van der Waals surface area contributed by atoms with Crippen LogP contribution in [0.5, 0.6) is 0 Å². The molecule has 1 heterocycles. The minimum atomic E-state index is 0.0566. The Bertz CT molecular complexity index is 322. The molecular weight excluding hydrogens is 226 g/mol. The first-order valence-electron chi connectivity index (χ1n) is 5.49. The van der Waals surface area contributed by atoms with Crippen LogP contribution < -0.4 is 0 Å². The Balaban J connectivity index is 2.11. The number of ether oxygens (including phenoxy) is 1. The topological polar surface area (TPSA) is 32.7 Å². The summed E-state index contributed by atoms with van der Waals surface area (Å²) in [4.78, 5) is 2.24. The van der Waals surface area contributed by atoms with Gasteiger partial charge in [0.2, 0.25) is 0 Å². The fraction of sp³-hybridized carbons (Fsp3) is 0.500. The molecule has 0 radical (unpaired) electrons. The number of rotatable bonds is 3. The summed E-state index contributed by atoms with van der Waals surface area (Å²) in [6.45, 7) is 3.34. The van der Waals surface area contributed by atoms with Gasteiger partial charge in [-0.1, -0.05) is 23.7 Å². The molecule has 0 amide bonds. The molecule has 1 atom stereocenters. The second kappa shape index (κ2) is 5.64. The van der Waals surface area contributed by atoms with E-state index in [4.69, 9.17) is 16.3 Å². The summed E-state index contributed by atoms with van der Waals surface area (Å²) in [5.41, 5.74) is 1.11. The Hall–Kier alpha value is -0.610. The van der Waals surface area contributed by atoms with E-state index in [9.17, 15) is 5.11 Å². The van der Waals surface area contributed by atoms with Crippen LogP contribution in [0.4, 0.5) is 0 Å². The zero-order chi connectivity index (χ0) is 11.4. The quantitative estimate of drug-likeness (QED) is 0.875. The maximum absolute atomic E-state index is 9.49. The molecule has 4 heteroatoms. The van der Waals surface area contributed by atoms with Gasteiger partial charge >= 0.3 is 0 Å². The molecule has 1 unspecified atom stereocenters. The highest BCUT2D eigenvalue weighted by Gasteiger charge is 2.21. The molecule has 88 valence electrons. The first-order valence-corrected chi connectivity index (χ1v) is 5.87. The van der Waals surface area contributed by atoms with Crippen LogP contribution in [0.3, 0.4) is 0 Å². The smallest absolute Gasteiger partial charge is 0.0628 e. The maximum atomic E-state index is 9.49. The van der Waals surface area contributed by atoms with E-state index in [0.29, 0.717) is 0 Å². The number of aliphatic hydroxyl groups is 1. The van der Waals surface area contributed by atoms with Gasteiger partial charge in [0.1, 0.15) is 0 Å². The highest BCUT2D eigenvalue weighted by Crippen LogP contribution is 2.22. The Morgan fingerprint density at radius 3 is 2.44 bits per heavy atom. The molecule has 3 nitrogen and oxygen atoms in total. The van der Waals surface area contributed by atoms with Crippen molar-refractivity contribution in [3.63, 3.8) is 0 Å². The van der Waals surface area contributed by atoms with Gasteiger partial charge in [-0.05, 0) is 17.7 Å². The van der Waals surface area contributed by atoms with Gasteiger partial charge in [-0.3, -0.25) is 4.90 Å². The largest absolute Gasteiger partial charge is 0.394 e. The molecule has 1 fully saturated rings. The summed E-state index contributed by atoms with van der Waals surface area (Å²) in [5, 5.41) is 10.2. The van der Waals surface area contributed by atoms with Crippen molar-refractivity contribution in [1.29, 1.82) is 0 Å². The molecule has 0 bridgehead atoms. The Kier molecular flexibility index (Phi) is 4.18. The van der Waals surface area contributed by atoms with E-state index < -0.39 is 0 Å². The molecule has 0 aromatic heterocycles. The molecule has 0 aliphatic carbocycles. The normalized spacial score (nSPS) is 19.6. The predicted molar refractivity (Wildman–Crippen MR) is 63.7 cm³/mol. The number of nitrogens with zero attached hydrogens (tertiary/aromatic N) is 1. The zero-order valence-corrected chi connectivity index (χ0v) is 9.86. The monoisotopic (exact) mass is 241 g/mol. The van der Waals surface area contributed by atoms with Crippen LogP contribution >= 0.6 is 11.6 Å². The molecule has 0 saturated carbocycles. The van der Waals surface area contributed by atoms with Crippen molar-refractivity contribution in [3.05, 3.63) is 34.9 Å². The third kappa shape index (κ3) is 2.74. The third-order valence-corrected chi connectivity index (χ3v) is 3.17. The van der Waals surface area contributed by atoms with E-state index in [0.717, 1.165) is 36.9 Å². The average Bonchev–Trinajstić information content (AvgIpc) is 2.34. The van der Waals surface area contributed by atoms with Crippen molar-refractivity contribution in [2.24, 2.45) is 0 Å². The van der Waals surface area contributed by atoms with Crippen LogP contribution in [0, 0.1) is 0 Å². The Morgan fingerprint density at radius 1 is 1.25 bits per heavy atom. The summed E-state index contributed by atoms with van der Waals surface area (Å²) in [5.74, 6) is 0. The van der Waals surface area contributed by atoms with Crippen LogP contribution in [0.1, 0.15) is 11.6 Å². The van der Waals surface area contributed by atoms with E-state index in [-0.39, 0.29) is 12.6 Å². The van der Waals surface area contributed by atoms with E-state index >= 15 is 0 Å². The number of morpholine rings is 1. The molecule has 1 aliphatic rings. The molecule has 1 N–H and O–H groups in total. The van der Waals surface area contributed by atoms with E-state index in [1.165, 1.54) is 0 Å². The summed E-state index contributed by atoms with van der Waals surface area (Å²) >= 11 is 5.85. The van der Waals surface area contributed by atoms with Crippen molar-refractivity contribution in [1.82, 2.24) is 4.90 Å². The second-order valence-electron chi connectivity index (χ2n) is 3.90. The summed E-state index contributed by atoms with van der Waals surface area (Å²) < 4.78 is 5.30. The van der Waals surface area contributed by atoms with Crippen LogP contribution in [-0.2, 0) is 4.74 Å². The minimum absolute atomic E-state index is 0.0566. The second-order valence-corrected chi connectivity index (χ2v) is 4.33. The van der Waals surface area contributed by atoms with E-state index in [1.807, 2.05) is 24.3 Å². The van der Waals surface area contributed by atoms with Crippen LogP contribution in [0.25, 0.3) is 0 Å². The lowest BCUT2D eigenvalue weighted by molar-refractivity contribution is 0.00259. The summed E-state index contributed by atoms with van der Waals surface area (Å²) in [7, 11) is 0. The van der Waals surface area contributed by atoms with Crippen molar-refractivity contribution in [2.45, 2.75) is 6.04 Å². The molecular formula is C12H16ClNO2. The van der Waals surface area contributed by atoms with Gasteiger partial charge in [0, 0.05) is 18.1 Å². The van der Waals surface area contributed by atoms with Crippen molar-refractivity contribution >= 4 is 11.6 Å². The number of aliphatic hydroxyl groups excluding tert-OH is 1. The van der Waals surface area contributed by atoms with Gasteiger partial charge in [-0.15, -0.1) is 0 Å². The van der Waals surface area contributed by atoms with Crippen molar-refractivity contribution in [3.8, 4) is 0 Å². The lowest BCUT2D eigenvalue weighted by Gasteiger charge is -2.33. The Morgan fingerprint density at radius 2 is 1.88 bits per heavy atom. The number of halogens is 1. The third-order valence-electron chi connectivity index (χ3n) is 2.91. The molecule has 1 aliphatic heterocycles. The van der Waals surface area contributed by atoms with E-state index in [2.05, 4.69) is 4.90 Å². The molecule has 2 rings (SSSR count). The lowest BCUT2D eigenvalue weighted by Crippen LogP contribution is -2.40. The fourth-order valence-electron chi connectivity index (χ4n) is 2.01. The average molecular weight is 242 g/mol. The van der Waals surface area contributed by atoms with Crippen LogP contribution in [0.15, 0.2) is 24.3 Å². The highest BCUT2D eigenvalue weighted by molar-refractivity contribution is 6.30. The Labute approximate surface area is 101 Å². The van der Waals surface area contributed by atoms with Gasteiger partial charge in [0.25, 0.3) is 0 Å². The summed E-state index contributed by atoms with van der Waals surface area (Å²) in [6.07, 6.45) is 0. The molecule has 16 heavy (non-hydrogen) atoms. The first kappa shape index (κ1) is 11.9. The van der Waals surface area contributed by atoms with Crippen LogP contribution in [0.2, 0.25) is 5.02 Å². The number of hydrogen-bond acceptors (Lipinski definition) is 3. The molecule has 1 aromatic rings. The summed E-state index contributed by atoms with van der Waals surface area (Å²) in [6, 6.07) is 7.72. The van der Waals surface area contributed by atoms with Gasteiger partial charge < -0.3 is 9.84 Å². The SMILES string of the molecule is OCC(c1ccc(Cl)cc1)N1CCOCC1. The minimum Gasteiger partial charge on any atom is -0.394 e. The maximum Gasteiger partial charge on any atom is 0.0628 e. The molecule has 0 spiro atoms. The zero-order valence-electron chi connectivity index (χ0n) is 9.10. The van der Waals surface area contributed by atoms with Gasteiger partial charge in [-0.25, -0.2) is 0 Å². The van der Waals surface area contributed by atoms with Crippen molar-refractivity contribution in [2.75, 3.05) is 32.9 Å². The first-order chi connectivity index (χ1) is 7.81. The standard InChI is InChI=1S/C12H16ClNO2/c13-11-3-1-10(2-4-11)12(9-15)14-5-7-16-8-6-14/h1-4,12,15H,5-9H2. The van der Waals surface area contributed by atoms with Crippen LogP contribution in [-0.4, -0.2) is 42.9 Å².